The lowest BCUT2D eigenvalue weighted by Crippen LogP contribution is -2.38. The Morgan fingerprint density at radius 2 is 1.66 bits per heavy atom. The first-order valence-corrected chi connectivity index (χ1v) is 11.5. The summed E-state index contributed by atoms with van der Waals surface area (Å²) in [5, 5.41) is 18.6. The molecule has 0 bridgehead atoms. The number of methoxy groups -OCH3 is 1. The molecule has 0 radical (unpaired) electrons. The number of hydrogen-bond donors (Lipinski definition) is 1. The fraction of sp³-hybridized carbons (Fsp3) is 0.107. The number of benzene rings is 4. The summed E-state index contributed by atoms with van der Waals surface area (Å²) in [6.07, 6.45) is -0.284. The van der Waals surface area contributed by atoms with Crippen molar-refractivity contribution in [3.05, 3.63) is 119 Å². The molecule has 0 saturated heterocycles. The smallest absolute Gasteiger partial charge is 0.203 e. The van der Waals surface area contributed by atoms with E-state index < -0.39 is 0 Å². The maximum atomic E-state index is 6.66. The molecule has 4 aromatic carbocycles. The standard InChI is InChI=1S/C28H21N5O2/c1-34-20-14-11-18(12-15-20)23-22-16-13-17-7-5-6-10-21(17)25(22)35-28-24(23)27-30-31-32-33(27)26(29-28)19-8-3-2-4-9-19/h2-16,23,26,29H,1H3. The first-order chi connectivity index (χ1) is 17.3. The highest BCUT2D eigenvalue weighted by atomic mass is 16.5. The van der Waals surface area contributed by atoms with Crippen LogP contribution in [0.2, 0.25) is 0 Å². The van der Waals surface area contributed by atoms with Gasteiger partial charge in [-0.2, -0.15) is 4.68 Å². The maximum Gasteiger partial charge on any atom is 0.203 e. The van der Waals surface area contributed by atoms with Gasteiger partial charge in [0, 0.05) is 16.9 Å². The third-order valence-corrected chi connectivity index (χ3v) is 6.77. The highest BCUT2D eigenvalue weighted by Crippen LogP contribution is 2.50. The Balaban J connectivity index is 1.47. The molecule has 2 unspecified atom stereocenters. The fourth-order valence-corrected chi connectivity index (χ4v) is 5.12. The Kier molecular flexibility index (Phi) is 4.35. The van der Waals surface area contributed by atoms with Crippen LogP contribution in [0, 0.1) is 0 Å². The van der Waals surface area contributed by atoms with Crippen molar-refractivity contribution in [3.8, 4) is 11.5 Å². The number of tetrazole rings is 1. The van der Waals surface area contributed by atoms with Gasteiger partial charge in [0.05, 0.1) is 12.7 Å². The Morgan fingerprint density at radius 3 is 2.49 bits per heavy atom. The van der Waals surface area contributed by atoms with E-state index in [0.29, 0.717) is 11.7 Å². The van der Waals surface area contributed by atoms with E-state index in [9.17, 15) is 0 Å². The largest absolute Gasteiger partial charge is 0.497 e. The first kappa shape index (κ1) is 19.8. The second-order valence-corrected chi connectivity index (χ2v) is 8.66. The topological polar surface area (TPSA) is 74.1 Å². The number of allylic oxidation sites excluding steroid dienone is 1. The molecule has 1 N–H and O–H groups in total. The van der Waals surface area contributed by atoms with E-state index in [1.165, 1.54) is 0 Å². The van der Waals surface area contributed by atoms with Gasteiger partial charge >= 0.3 is 0 Å². The molecular weight excluding hydrogens is 438 g/mol. The molecule has 3 heterocycles. The van der Waals surface area contributed by atoms with Crippen molar-refractivity contribution in [3.63, 3.8) is 0 Å². The number of fused-ring (bicyclic) bond motifs is 5. The first-order valence-electron chi connectivity index (χ1n) is 11.5. The predicted octanol–water partition coefficient (Wildman–Crippen LogP) is 4.88. The van der Waals surface area contributed by atoms with Crippen LogP contribution in [0.1, 0.15) is 34.6 Å². The zero-order valence-electron chi connectivity index (χ0n) is 18.9. The van der Waals surface area contributed by atoms with Crippen molar-refractivity contribution >= 4 is 16.3 Å². The van der Waals surface area contributed by atoms with E-state index in [4.69, 9.17) is 9.47 Å². The lowest BCUT2D eigenvalue weighted by molar-refractivity contribution is 0.308. The van der Waals surface area contributed by atoms with E-state index in [-0.39, 0.29) is 12.1 Å². The van der Waals surface area contributed by atoms with Crippen LogP contribution in [0.5, 0.6) is 11.5 Å². The van der Waals surface area contributed by atoms with Crippen LogP contribution < -0.4 is 14.8 Å². The minimum Gasteiger partial charge on any atom is -0.497 e. The van der Waals surface area contributed by atoms with Gasteiger partial charge in [-0.15, -0.1) is 5.10 Å². The Labute approximate surface area is 201 Å². The van der Waals surface area contributed by atoms with Crippen LogP contribution in [0.3, 0.4) is 0 Å². The summed E-state index contributed by atoms with van der Waals surface area (Å²) in [6.45, 7) is 0. The summed E-state index contributed by atoms with van der Waals surface area (Å²) in [6, 6.07) is 30.9. The summed E-state index contributed by atoms with van der Waals surface area (Å²) in [5.74, 6) is 2.89. The van der Waals surface area contributed by atoms with Gasteiger partial charge < -0.3 is 14.8 Å². The zero-order valence-corrected chi connectivity index (χ0v) is 18.9. The average molecular weight is 460 g/mol. The zero-order chi connectivity index (χ0) is 23.4. The van der Waals surface area contributed by atoms with Gasteiger partial charge in [-0.05, 0) is 39.1 Å². The lowest BCUT2D eigenvalue weighted by atomic mass is 9.81. The summed E-state index contributed by atoms with van der Waals surface area (Å²) < 4.78 is 13.9. The van der Waals surface area contributed by atoms with Crippen molar-refractivity contribution in [1.82, 2.24) is 25.5 Å². The minimum atomic E-state index is -0.284. The Morgan fingerprint density at radius 1 is 0.857 bits per heavy atom. The second-order valence-electron chi connectivity index (χ2n) is 8.66. The van der Waals surface area contributed by atoms with Crippen LogP contribution in [-0.2, 0) is 0 Å². The van der Waals surface area contributed by atoms with Crippen LogP contribution in [0.4, 0.5) is 0 Å². The van der Waals surface area contributed by atoms with Gasteiger partial charge in [0.2, 0.25) is 5.88 Å². The summed E-state index contributed by atoms with van der Waals surface area (Å²) >= 11 is 0. The number of hydrogen-bond acceptors (Lipinski definition) is 6. The maximum absolute atomic E-state index is 6.66. The van der Waals surface area contributed by atoms with Crippen molar-refractivity contribution in [2.24, 2.45) is 0 Å². The molecule has 0 saturated carbocycles. The van der Waals surface area contributed by atoms with Gasteiger partial charge in [0.25, 0.3) is 0 Å². The molecule has 2 atom stereocenters. The third kappa shape index (κ3) is 3.01. The van der Waals surface area contributed by atoms with Crippen molar-refractivity contribution in [2.75, 3.05) is 7.11 Å². The molecule has 0 amide bonds. The van der Waals surface area contributed by atoms with Crippen LogP contribution >= 0.6 is 0 Å². The summed E-state index contributed by atoms with van der Waals surface area (Å²) in [5.41, 5.74) is 4.13. The fourth-order valence-electron chi connectivity index (χ4n) is 5.12. The Hall–Kier alpha value is -4.65. The van der Waals surface area contributed by atoms with Crippen LogP contribution in [0.15, 0.2) is 96.9 Å². The van der Waals surface area contributed by atoms with Crippen molar-refractivity contribution < 1.29 is 9.47 Å². The van der Waals surface area contributed by atoms with Gasteiger partial charge in [-0.3, -0.25) is 0 Å². The molecule has 0 aliphatic carbocycles. The number of aromatic nitrogens is 4. The van der Waals surface area contributed by atoms with Gasteiger partial charge in [-0.1, -0.05) is 78.9 Å². The van der Waals surface area contributed by atoms with E-state index in [0.717, 1.165) is 44.5 Å². The quantitative estimate of drug-likeness (QED) is 0.415. The van der Waals surface area contributed by atoms with Gasteiger partial charge in [-0.25, -0.2) is 0 Å². The monoisotopic (exact) mass is 459 g/mol. The molecule has 0 spiro atoms. The second kappa shape index (κ2) is 7.70. The highest BCUT2D eigenvalue weighted by Gasteiger charge is 2.41. The normalized spacial score (nSPS) is 18.2. The number of nitrogens with one attached hydrogen (secondary N) is 1. The highest BCUT2D eigenvalue weighted by molar-refractivity contribution is 5.93. The number of nitrogens with zero attached hydrogens (tertiary/aromatic N) is 4. The van der Waals surface area contributed by atoms with Crippen LogP contribution in [-0.4, -0.2) is 27.3 Å². The Bertz CT molecular complexity index is 1590. The summed E-state index contributed by atoms with van der Waals surface area (Å²) in [7, 11) is 1.68. The van der Waals surface area contributed by atoms with E-state index in [1.807, 2.05) is 47.1 Å². The van der Waals surface area contributed by atoms with Crippen molar-refractivity contribution in [2.45, 2.75) is 12.1 Å². The molecular formula is C28H21N5O2. The molecule has 7 heteroatoms. The van der Waals surface area contributed by atoms with Gasteiger partial charge in [0.15, 0.2) is 12.0 Å². The number of ether oxygens (including phenoxy) is 2. The molecule has 7 nitrogen and oxygen atoms in total. The minimum absolute atomic E-state index is 0.127. The van der Waals surface area contributed by atoms with E-state index in [2.05, 4.69) is 69.4 Å². The van der Waals surface area contributed by atoms with E-state index in [1.54, 1.807) is 7.11 Å². The molecule has 2 aliphatic heterocycles. The molecule has 1 aromatic heterocycles. The molecule has 35 heavy (non-hydrogen) atoms. The molecule has 0 fully saturated rings. The average Bonchev–Trinajstić information content (AvgIpc) is 3.42. The van der Waals surface area contributed by atoms with Gasteiger partial charge in [0.1, 0.15) is 11.5 Å². The summed E-state index contributed by atoms with van der Waals surface area (Å²) in [4.78, 5) is 0. The molecule has 2 aliphatic rings. The SMILES string of the molecule is COc1ccc(C2C3=C(NC(c4ccccc4)n4nnnc43)Oc3c2ccc2ccccc32)cc1. The molecule has 5 aromatic rings. The lowest BCUT2D eigenvalue weighted by Gasteiger charge is -2.36. The third-order valence-electron chi connectivity index (χ3n) is 6.77. The van der Waals surface area contributed by atoms with E-state index >= 15 is 0 Å². The van der Waals surface area contributed by atoms with Crippen LogP contribution in [0.25, 0.3) is 16.3 Å². The van der Waals surface area contributed by atoms with Crippen molar-refractivity contribution in [1.29, 1.82) is 0 Å². The number of rotatable bonds is 3. The molecule has 7 rings (SSSR count). The molecule has 170 valence electrons. The predicted molar refractivity (Wildman–Crippen MR) is 132 cm³/mol.